The zero-order chi connectivity index (χ0) is 15.0. The van der Waals surface area contributed by atoms with Crippen LogP contribution in [-0.2, 0) is 11.3 Å². The van der Waals surface area contributed by atoms with E-state index in [2.05, 4.69) is 5.32 Å². The molecule has 6 heteroatoms. The fraction of sp³-hybridized carbons (Fsp3) is 0.571. The van der Waals surface area contributed by atoms with E-state index < -0.39 is 5.97 Å². The van der Waals surface area contributed by atoms with Crippen molar-refractivity contribution in [3.8, 4) is 0 Å². The van der Waals surface area contributed by atoms with Gasteiger partial charge in [-0.2, -0.15) is 0 Å². The number of carboxylic acids is 1. The third-order valence-corrected chi connectivity index (χ3v) is 2.88. The fourth-order valence-electron chi connectivity index (χ4n) is 1.78. The van der Waals surface area contributed by atoms with Crippen molar-refractivity contribution >= 4 is 12.0 Å². The number of urea groups is 1. The molecule has 0 bridgehead atoms. The maximum Gasteiger partial charge on any atom is 0.317 e. The van der Waals surface area contributed by atoms with E-state index in [9.17, 15) is 9.59 Å². The highest BCUT2D eigenvalue weighted by Gasteiger charge is 2.10. The number of amides is 2. The first-order valence-corrected chi connectivity index (χ1v) is 6.75. The van der Waals surface area contributed by atoms with Gasteiger partial charge in [0, 0.05) is 20.0 Å². The summed E-state index contributed by atoms with van der Waals surface area (Å²) in [5.41, 5.74) is 0. The van der Waals surface area contributed by atoms with E-state index in [1.54, 1.807) is 11.9 Å². The third kappa shape index (κ3) is 6.26. The molecule has 0 spiro atoms. The number of nitrogens with one attached hydrogen (secondary N) is 1. The second-order valence-corrected chi connectivity index (χ2v) is 4.80. The summed E-state index contributed by atoms with van der Waals surface area (Å²) in [5.74, 6) is 0.802. The molecular formula is C14H22N2O4. The highest BCUT2D eigenvalue weighted by Crippen LogP contribution is 2.08. The van der Waals surface area contributed by atoms with Crippen molar-refractivity contribution in [2.24, 2.45) is 0 Å². The topological polar surface area (TPSA) is 82.8 Å². The predicted octanol–water partition coefficient (Wildman–Crippen LogP) is 2.37. The number of carbonyl (C=O) groups is 2. The predicted molar refractivity (Wildman–Crippen MR) is 74.4 cm³/mol. The summed E-state index contributed by atoms with van der Waals surface area (Å²) in [7, 11) is 1.71. The summed E-state index contributed by atoms with van der Waals surface area (Å²) in [6.45, 7) is 2.85. The molecule has 20 heavy (non-hydrogen) atoms. The smallest absolute Gasteiger partial charge is 0.317 e. The quantitative estimate of drug-likeness (QED) is 0.717. The maximum absolute atomic E-state index is 11.8. The normalized spacial score (nSPS) is 10.3. The molecule has 0 unspecified atom stereocenters. The molecule has 0 aliphatic heterocycles. The standard InChI is InChI=1S/C14H22N2O4/c1-11-7-8-12(20-11)10-16(2)14(19)15-9-5-3-4-6-13(17)18/h7-8H,3-6,9-10H2,1-2H3,(H,15,19)(H,17,18). The molecule has 0 saturated heterocycles. The van der Waals surface area contributed by atoms with Gasteiger partial charge >= 0.3 is 12.0 Å². The molecule has 0 atom stereocenters. The van der Waals surface area contributed by atoms with Gasteiger partial charge in [0.05, 0.1) is 6.54 Å². The number of rotatable bonds is 8. The van der Waals surface area contributed by atoms with Gasteiger partial charge in [-0.05, 0) is 31.9 Å². The van der Waals surface area contributed by atoms with Crippen molar-refractivity contribution in [1.82, 2.24) is 10.2 Å². The van der Waals surface area contributed by atoms with Crippen LogP contribution in [0.3, 0.4) is 0 Å². The number of aliphatic carboxylic acids is 1. The molecule has 0 saturated carbocycles. The number of nitrogens with zero attached hydrogens (tertiary/aromatic N) is 1. The van der Waals surface area contributed by atoms with Crippen LogP contribution in [0.2, 0.25) is 0 Å². The lowest BCUT2D eigenvalue weighted by Crippen LogP contribution is -2.37. The average molecular weight is 282 g/mol. The van der Waals surface area contributed by atoms with Gasteiger partial charge in [0.2, 0.25) is 0 Å². The Morgan fingerprint density at radius 2 is 2.05 bits per heavy atom. The number of carboxylic acid groups (broad SMARTS) is 1. The Morgan fingerprint density at radius 3 is 2.65 bits per heavy atom. The molecule has 2 amide bonds. The van der Waals surface area contributed by atoms with Gasteiger partial charge in [-0.15, -0.1) is 0 Å². The molecule has 2 N–H and O–H groups in total. The minimum Gasteiger partial charge on any atom is -0.481 e. The van der Waals surface area contributed by atoms with E-state index in [1.807, 2.05) is 19.1 Å². The van der Waals surface area contributed by atoms with Gasteiger partial charge in [0.25, 0.3) is 0 Å². The lowest BCUT2D eigenvalue weighted by Gasteiger charge is -2.16. The van der Waals surface area contributed by atoms with Gasteiger partial charge in [0.15, 0.2) is 0 Å². The number of hydrogen-bond acceptors (Lipinski definition) is 3. The van der Waals surface area contributed by atoms with Crippen LogP contribution >= 0.6 is 0 Å². The summed E-state index contributed by atoms with van der Waals surface area (Å²) in [5, 5.41) is 11.3. The summed E-state index contributed by atoms with van der Waals surface area (Å²) < 4.78 is 5.41. The maximum atomic E-state index is 11.8. The fourth-order valence-corrected chi connectivity index (χ4v) is 1.78. The minimum atomic E-state index is -0.775. The van der Waals surface area contributed by atoms with Crippen LogP contribution in [0.4, 0.5) is 4.79 Å². The molecule has 0 radical (unpaired) electrons. The van der Waals surface area contributed by atoms with E-state index in [-0.39, 0.29) is 12.5 Å². The first-order valence-electron chi connectivity index (χ1n) is 6.75. The van der Waals surface area contributed by atoms with E-state index in [1.165, 1.54) is 0 Å². The summed E-state index contributed by atoms with van der Waals surface area (Å²) >= 11 is 0. The van der Waals surface area contributed by atoms with Crippen molar-refractivity contribution < 1.29 is 19.1 Å². The highest BCUT2D eigenvalue weighted by atomic mass is 16.4. The number of carbonyl (C=O) groups excluding carboxylic acids is 1. The lowest BCUT2D eigenvalue weighted by atomic mass is 10.2. The Bertz CT molecular complexity index is 442. The van der Waals surface area contributed by atoms with Crippen LogP contribution in [0.15, 0.2) is 16.5 Å². The summed E-state index contributed by atoms with van der Waals surface area (Å²) in [6.07, 6.45) is 2.42. The molecular weight excluding hydrogens is 260 g/mol. The van der Waals surface area contributed by atoms with E-state index in [4.69, 9.17) is 9.52 Å². The van der Waals surface area contributed by atoms with Crippen molar-refractivity contribution in [2.75, 3.05) is 13.6 Å². The van der Waals surface area contributed by atoms with Crippen molar-refractivity contribution in [3.05, 3.63) is 23.7 Å². The second-order valence-electron chi connectivity index (χ2n) is 4.80. The van der Waals surface area contributed by atoms with Gasteiger partial charge in [0.1, 0.15) is 11.5 Å². The third-order valence-electron chi connectivity index (χ3n) is 2.88. The molecule has 0 aliphatic carbocycles. The summed E-state index contributed by atoms with van der Waals surface area (Å²) in [6, 6.07) is 3.56. The minimum absolute atomic E-state index is 0.155. The van der Waals surface area contributed by atoms with Crippen molar-refractivity contribution in [2.45, 2.75) is 39.2 Å². The Balaban J connectivity index is 2.14. The highest BCUT2D eigenvalue weighted by molar-refractivity contribution is 5.73. The van der Waals surface area contributed by atoms with Gasteiger partial charge in [-0.1, -0.05) is 6.42 Å². The molecule has 112 valence electrons. The largest absolute Gasteiger partial charge is 0.481 e. The van der Waals surface area contributed by atoms with Crippen molar-refractivity contribution in [3.63, 3.8) is 0 Å². The van der Waals surface area contributed by atoms with Crippen LogP contribution in [0.1, 0.15) is 37.2 Å². The molecule has 0 aliphatic rings. The van der Waals surface area contributed by atoms with E-state index in [0.29, 0.717) is 19.5 Å². The Kier molecular flexibility index (Phi) is 6.63. The monoisotopic (exact) mass is 282 g/mol. The first kappa shape index (κ1) is 16.1. The molecule has 0 aromatic carbocycles. The average Bonchev–Trinajstić information content (AvgIpc) is 2.78. The van der Waals surface area contributed by atoms with Crippen LogP contribution < -0.4 is 5.32 Å². The van der Waals surface area contributed by atoms with E-state index >= 15 is 0 Å². The SMILES string of the molecule is Cc1ccc(CN(C)C(=O)NCCCCCC(=O)O)o1. The second kappa shape index (κ2) is 8.24. The van der Waals surface area contributed by atoms with Crippen LogP contribution in [0.25, 0.3) is 0 Å². The van der Waals surface area contributed by atoms with Crippen LogP contribution in [-0.4, -0.2) is 35.6 Å². The molecule has 1 aromatic rings. The zero-order valence-corrected chi connectivity index (χ0v) is 12.0. The molecule has 1 heterocycles. The number of hydrogen-bond donors (Lipinski definition) is 2. The molecule has 1 aromatic heterocycles. The Labute approximate surface area is 118 Å². The molecule has 0 fully saturated rings. The Morgan fingerprint density at radius 1 is 1.30 bits per heavy atom. The van der Waals surface area contributed by atoms with Crippen LogP contribution in [0.5, 0.6) is 0 Å². The number of unbranched alkanes of at least 4 members (excludes halogenated alkanes) is 2. The van der Waals surface area contributed by atoms with Crippen LogP contribution in [0, 0.1) is 6.92 Å². The van der Waals surface area contributed by atoms with Gasteiger partial charge < -0.3 is 19.7 Å². The first-order chi connectivity index (χ1) is 9.49. The molecule has 1 rings (SSSR count). The number of aryl methyl sites for hydroxylation is 1. The number of furan rings is 1. The van der Waals surface area contributed by atoms with Crippen molar-refractivity contribution in [1.29, 1.82) is 0 Å². The lowest BCUT2D eigenvalue weighted by molar-refractivity contribution is -0.137. The summed E-state index contributed by atoms with van der Waals surface area (Å²) in [4.78, 5) is 23.6. The van der Waals surface area contributed by atoms with E-state index in [0.717, 1.165) is 24.4 Å². The van der Waals surface area contributed by atoms with Gasteiger partial charge in [-0.25, -0.2) is 4.79 Å². The zero-order valence-electron chi connectivity index (χ0n) is 12.0. The Hall–Kier alpha value is -1.98. The molecule has 6 nitrogen and oxygen atoms in total. The van der Waals surface area contributed by atoms with Gasteiger partial charge in [-0.3, -0.25) is 4.79 Å².